The quantitative estimate of drug-likeness (QED) is 0.687. The highest BCUT2D eigenvalue weighted by atomic mass is 32.2. The molecule has 1 fully saturated rings. The van der Waals surface area contributed by atoms with E-state index in [1.807, 2.05) is 14.0 Å². The molecule has 1 N–H and O–H groups in total. The maximum Gasteiger partial charge on any atom is 0.153 e. The second-order valence-corrected chi connectivity index (χ2v) is 6.44. The summed E-state index contributed by atoms with van der Waals surface area (Å²) >= 11 is 0. The number of nitrogens with zero attached hydrogens (tertiary/aromatic N) is 1. The van der Waals surface area contributed by atoms with E-state index in [1.54, 1.807) is 0 Å². The maximum absolute atomic E-state index is 11.4. The van der Waals surface area contributed by atoms with Gasteiger partial charge in [-0.25, -0.2) is 8.42 Å². The van der Waals surface area contributed by atoms with Crippen molar-refractivity contribution >= 4 is 9.84 Å². The van der Waals surface area contributed by atoms with Crippen LogP contribution in [0.4, 0.5) is 0 Å². The highest BCUT2D eigenvalue weighted by molar-refractivity contribution is 7.91. The molecule has 0 aliphatic carbocycles. The van der Waals surface area contributed by atoms with Gasteiger partial charge >= 0.3 is 0 Å². The van der Waals surface area contributed by atoms with Crippen molar-refractivity contribution in [3.8, 4) is 0 Å². The molecule has 1 aliphatic rings. The van der Waals surface area contributed by atoms with Crippen LogP contribution in [0.2, 0.25) is 0 Å². The van der Waals surface area contributed by atoms with Crippen molar-refractivity contribution in [3.05, 3.63) is 12.2 Å². The summed E-state index contributed by atoms with van der Waals surface area (Å²) in [6, 6.07) is 0.109. The monoisotopic (exact) mass is 232 g/mol. The number of nitrogens with one attached hydrogen (secondary N) is 1. The van der Waals surface area contributed by atoms with Crippen LogP contribution < -0.4 is 5.32 Å². The Bertz CT molecular complexity index is 324. The van der Waals surface area contributed by atoms with E-state index in [2.05, 4.69) is 16.8 Å². The lowest BCUT2D eigenvalue weighted by Gasteiger charge is -2.33. The lowest BCUT2D eigenvalue weighted by Crippen LogP contribution is -2.47. The minimum Gasteiger partial charge on any atom is -0.316 e. The Balaban J connectivity index is 2.48. The van der Waals surface area contributed by atoms with E-state index in [0.717, 1.165) is 18.7 Å². The Morgan fingerprint density at radius 3 is 2.80 bits per heavy atom. The van der Waals surface area contributed by atoms with Gasteiger partial charge in [0.05, 0.1) is 11.5 Å². The van der Waals surface area contributed by atoms with Crippen molar-refractivity contribution < 1.29 is 8.42 Å². The number of hydrogen-bond donors (Lipinski definition) is 1. The molecule has 5 heteroatoms. The Kier molecular flexibility index (Phi) is 4.31. The maximum atomic E-state index is 11.4. The lowest BCUT2D eigenvalue weighted by molar-refractivity contribution is 0.245. The Morgan fingerprint density at radius 2 is 2.27 bits per heavy atom. The third-order valence-electron chi connectivity index (χ3n) is 2.66. The summed E-state index contributed by atoms with van der Waals surface area (Å²) in [6.07, 6.45) is 0. The molecular weight excluding hydrogens is 212 g/mol. The van der Waals surface area contributed by atoms with Gasteiger partial charge in [-0.15, -0.1) is 0 Å². The third-order valence-corrected chi connectivity index (χ3v) is 4.46. The van der Waals surface area contributed by atoms with Crippen LogP contribution in [0.5, 0.6) is 0 Å². The van der Waals surface area contributed by atoms with Crippen LogP contribution in [0.3, 0.4) is 0 Å². The van der Waals surface area contributed by atoms with Crippen molar-refractivity contribution in [2.24, 2.45) is 0 Å². The Morgan fingerprint density at radius 1 is 1.60 bits per heavy atom. The van der Waals surface area contributed by atoms with Crippen molar-refractivity contribution in [3.63, 3.8) is 0 Å². The minimum atomic E-state index is -2.80. The van der Waals surface area contributed by atoms with E-state index in [0.29, 0.717) is 6.54 Å². The summed E-state index contributed by atoms with van der Waals surface area (Å²) in [5, 5.41) is 3.04. The van der Waals surface area contributed by atoms with E-state index in [4.69, 9.17) is 0 Å². The van der Waals surface area contributed by atoms with Crippen molar-refractivity contribution in [1.82, 2.24) is 10.2 Å². The smallest absolute Gasteiger partial charge is 0.153 e. The second-order valence-electron chi connectivity index (χ2n) is 4.21. The molecule has 0 aromatic carbocycles. The fourth-order valence-electron chi connectivity index (χ4n) is 1.86. The molecule has 4 nitrogen and oxygen atoms in total. The molecule has 0 amide bonds. The van der Waals surface area contributed by atoms with E-state index in [9.17, 15) is 8.42 Å². The summed E-state index contributed by atoms with van der Waals surface area (Å²) in [5.74, 6) is 0.560. The van der Waals surface area contributed by atoms with Crippen molar-refractivity contribution in [1.29, 1.82) is 0 Å². The largest absolute Gasteiger partial charge is 0.316 e. The molecule has 1 aliphatic heterocycles. The molecule has 1 rings (SSSR count). The molecule has 15 heavy (non-hydrogen) atoms. The molecule has 1 heterocycles. The van der Waals surface area contributed by atoms with E-state index >= 15 is 0 Å². The van der Waals surface area contributed by atoms with Crippen LogP contribution >= 0.6 is 0 Å². The molecule has 1 unspecified atom stereocenters. The van der Waals surface area contributed by atoms with Gasteiger partial charge in [-0.1, -0.05) is 6.58 Å². The highest BCUT2D eigenvalue weighted by Crippen LogP contribution is 2.12. The van der Waals surface area contributed by atoms with Gasteiger partial charge in [0.1, 0.15) is 0 Å². The summed E-state index contributed by atoms with van der Waals surface area (Å²) in [7, 11) is -0.916. The second kappa shape index (κ2) is 5.09. The van der Waals surface area contributed by atoms with Gasteiger partial charge < -0.3 is 5.32 Å². The summed E-state index contributed by atoms with van der Waals surface area (Å²) in [4.78, 5) is 2.18. The molecule has 0 spiro atoms. The van der Waals surface area contributed by atoms with Gasteiger partial charge in [-0.2, -0.15) is 0 Å². The average molecular weight is 232 g/mol. The number of hydrogen-bond acceptors (Lipinski definition) is 4. The van der Waals surface area contributed by atoms with Gasteiger partial charge in [-0.05, 0) is 19.5 Å². The summed E-state index contributed by atoms with van der Waals surface area (Å²) < 4.78 is 22.7. The Labute approximate surface area is 92.3 Å². The SMILES string of the molecule is C=C(CNC)CN1CCS(=O)(=O)CC1C. The highest BCUT2D eigenvalue weighted by Gasteiger charge is 2.27. The zero-order valence-corrected chi connectivity index (χ0v) is 10.3. The molecule has 88 valence electrons. The van der Waals surface area contributed by atoms with Crippen LogP contribution in [0.1, 0.15) is 6.92 Å². The predicted molar refractivity (Wildman–Crippen MR) is 62.8 cm³/mol. The van der Waals surface area contributed by atoms with Gasteiger partial charge in [-0.3, -0.25) is 4.90 Å². The lowest BCUT2D eigenvalue weighted by atomic mass is 10.2. The first-order valence-corrected chi connectivity index (χ1v) is 7.02. The molecule has 0 bridgehead atoms. The molecule has 1 atom stereocenters. The minimum absolute atomic E-state index is 0.109. The first kappa shape index (κ1) is 12.7. The normalized spacial score (nSPS) is 26.4. The van der Waals surface area contributed by atoms with Crippen LogP contribution in [0.25, 0.3) is 0 Å². The predicted octanol–water partition coefficient (Wildman–Crippen LogP) is -0.119. The molecule has 0 aromatic heterocycles. The first-order chi connectivity index (χ1) is 6.94. The van der Waals surface area contributed by atoms with Crippen LogP contribution in [0.15, 0.2) is 12.2 Å². The third kappa shape index (κ3) is 3.93. The van der Waals surface area contributed by atoms with Crippen molar-refractivity contribution in [2.45, 2.75) is 13.0 Å². The van der Waals surface area contributed by atoms with E-state index in [-0.39, 0.29) is 17.5 Å². The van der Waals surface area contributed by atoms with Gasteiger partial charge in [0.15, 0.2) is 9.84 Å². The van der Waals surface area contributed by atoms with Gasteiger partial charge in [0, 0.05) is 25.7 Å². The zero-order chi connectivity index (χ0) is 11.5. The molecule has 1 saturated heterocycles. The van der Waals surface area contributed by atoms with E-state index in [1.165, 1.54) is 0 Å². The summed E-state index contributed by atoms with van der Waals surface area (Å²) in [5.41, 5.74) is 1.10. The molecule has 0 saturated carbocycles. The number of sulfone groups is 1. The van der Waals surface area contributed by atoms with Crippen LogP contribution in [-0.4, -0.2) is 57.5 Å². The standard InChI is InChI=1S/C10H20N2O2S/c1-9(6-11-3)7-12-4-5-15(13,14)8-10(12)2/h10-11H,1,4-8H2,2-3H3. The van der Waals surface area contributed by atoms with Gasteiger partial charge in [0.2, 0.25) is 0 Å². The fraction of sp³-hybridized carbons (Fsp3) is 0.800. The molecular formula is C10H20N2O2S. The number of likely N-dealkylation sites (N-methyl/N-ethyl adjacent to an activating group) is 1. The first-order valence-electron chi connectivity index (χ1n) is 5.20. The molecule has 0 aromatic rings. The average Bonchev–Trinajstić information content (AvgIpc) is 2.10. The molecule has 0 radical (unpaired) electrons. The van der Waals surface area contributed by atoms with Crippen molar-refractivity contribution in [2.75, 3.05) is 38.2 Å². The Hall–Kier alpha value is -0.390. The van der Waals surface area contributed by atoms with E-state index < -0.39 is 9.84 Å². The topological polar surface area (TPSA) is 49.4 Å². The zero-order valence-electron chi connectivity index (χ0n) is 9.49. The number of rotatable bonds is 4. The van der Waals surface area contributed by atoms with Crippen LogP contribution in [0, 0.1) is 0 Å². The fourth-order valence-corrected chi connectivity index (χ4v) is 3.49. The summed E-state index contributed by atoms with van der Waals surface area (Å²) in [6.45, 7) is 8.13. The van der Waals surface area contributed by atoms with Crippen LogP contribution in [-0.2, 0) is 9.84 Å². The van der Waals surface area contributed by atoms with Gasteiger partial charge in [0.25, 0.3) is 0 Å².